The summed E-state index contributed by atoms with van der Waals surface area (Å²) in [6, 6.07) is -3.93. The molecule has 0 radical (unpaired) electrons. The molecule has 3 aliphatic heterocycles. The maximum atomic E-state index is 14.9. The van der Waals surface area contributed by atoms with Crippen molar-refractivity contribution in [2.75, 3.05) is 6.54 Å². The molecular formula is C24H32F5N5O4. The second-order valence-electron chi connectivity index (χ2n) is 10.7. The van der Waals surface area contributed by atoms with Gasteiger partial charge in [-0.15, -0.1) is 0 Å². The standard InChI is InChI=1S/C24H32F5N5O4/c1-12(2)8-17(33-22(38)24(27,28)29)21(37)34-15-5-6-16(23(25,26)10-15)18(34)20(36)32-14(11-30)9-13-4-3-7-31-19(13)35/h12-18H,3-10H2,1-2H3,(H,31,35)(H,32,36)(H,33,38)/t13-,14-,15-,16-,17+,18-/m0/s1. The van der Waals surface area contributed by atoms with E-state index in [1.807, 2.05) is 6.07 Å². The summed E-state index contributed by atoms with van der Waals surface area (Å²) in [6.07, 6.45) is -5.15. The number of nitrogens with one attached hydrogen (secondary N) is 3. The van der Waals surface area contributed by atoms with E-state index >= 15 is 0 Å². The van der Waals surface area contributed by atoms with Crippen molar-refractivity contribution in [3.05, 3.63) is 0 Å². The zero-order valence-corrected chi connectivity index (χ0v) is 21.1. The van der Waals surface area contributed by atoms with Gasteiger partial charge in [0.15, 0.2) is 0 Å². The zero-order chi connectivity index (χ0) is 28.4. The molecule has 14 heteroatoms. The lowest BCUT2D eigenvalue weighted by Gasteiger charge is -2.54. The number of nitriles is 1. The summed E-state index contributed by atoms with van der Waals surface area (Å²) in [6.45, 7) is 3.71. The highest BCUT2D eigenvalue weighted by molar-refractivity contribution is 5.94. The van der Waals surface area contributed by atoms with Crippen LogP contribution in [0.1, 0.15) is 58.8 Å². The molecule has 4 amide bonds. The molecule has 3 heterocycles. The fourth-order valence-corrected chi connectivity index (χ4v) is 5.68. The van der Waals surface area contributed by atoms with Crippen LogP contribution < -0.4 is 16.0 Å². The van der Waals surface area contributed by atoms with Crippen molar-refractivity contribution in [3.63, 3.8) is 0 Å². The molecule has 2 bridgehead atoms. The fourth-order valence-electron chi connectivity index (χ4n) is 5.68. The Hall–Kier alpha value is -2.98. The predicted octanol–water partition coefficient (Wildman–Crippen LogP) is 2.02. The number of rotatable bonds is 8. The van der Waals surface area contributed by atoms with Gasteiger partial charge >= 0.3 is 12.1 Å². The Bertz CT molecular complexity index is 982. The van der Waals surface area contributed by atoms with Gasteiger partial charge in [-0.05, 0) is 44.4 Å². The fraction of sp³-hybridized carbons (Fsp3) is 0.792. The lowest BCUT2D eigenvalue weighted by Crippen LogP contribution is -2.71. The summed E-state index contributed by atoms with van der Waals surface area (Å²) >= 11 is 0. The Morgan fingerprint density at radius 1 is 1.18 bits per heavy atom. The Morgan fingerprint density at radius 2 is 1.87 bits per heavy atom. The lowest BCUT2D eigenvalue weighted by atomic mass is 9.71. The quantitative estimate of drug-likeness (QED) is 0.399. The molecule has 9 nitrogen and oxygen atoms in total. The van der Waals surface area contributed by atoms with Crippen LogP contribution in [0.2, 0.25) is 0 Å². The number of nitrogens with zero attached hydrogens (tertiary/aromatic N) is 2. The van der Waals surface area contributed by atoms with Gasteiger partial charge in [0.05, 0.1) is 12.0 Å². The van der Waals surface area contributed by atoms with E-state index in [0.717, 1.165) is 4.90 Å². The maximum absolute atomic E-state index is 14.9. The molecule has 0 aromatic carbocycles. The second-order valence-corrected chi connectivity index (χ2v) is 10.7. The third kappa shape index (κ3) is 6.53. The van der Waals surface area contributed by atoms with Crippen LogP contribution in [0.25, 0.3) is 0 Å². The Balaban J connectivity index is 1.87. The molecule has 0 unspecified atom stereocenters. The predicted molar refractivity (Wildman–Crippen MR) is 122 cm³/mol. The van der Waals surface area contributed by atoms with E-state index < -0.39 is 72.2 Å². The number of alkyl halides is 5. The molecule has 212 valence electrons. The van der Waals surface area contributed by atoms with Gasteiger partial charge in [-0.2, -0.15) is 18.4 Å². The third-order valence-corrected chi connectivity index (χ3v) is 7.42. The average Bonchev–Trinajstić information content (AvgIpc) is 2.82. The van der Waals surface area contributed by atoms with Gasteiger partial charge in [-0.1, -0.05) is 13.8 Å². The van der Waals surface area contributed by atoms with Crippen LogP contribution in [0, 0.1) is 29.1 Å². The minimum atomic E-state index is -5.27. The first-order valence-electron chi connectivity index (χ1n) is 12.7. The van der Waals surface area contributed by atoms with Gasteiger partial charge < -0.3 is 20.9 Å². The van der Waals surface area contributed by atoms with Crippen LogP contribution in [0.15, 0.2) is 0 Å². The molecule has 0 aromatic rings. The minimum absolute atomic E-state index is 0.0587. The van der Waals surface area contributed by atoms with Crippen molar-refractivity contribution in [1.82, 2.24) is 20.9 Å². The smallest absolute Gasteiger partial charge is 0.356 e. The summed E-state index contributed by atoms with van der Waals surface area (Å²) in [5, 5.41) is 16.3. The minimum Gasteiger partial charge on any atom is -0.356 e. The summed E-state index contributed by atoms with van der Waals surface area (Å²) in [4.78, 5) is 51.5. The molecule has 4 rings (SSSR count). The van der Waals surface area contributed by atoms with Gasteiger partial charge in [0.1, 0.15) is 18.1 Å². The van der Waals surface area contributed by atoms with Crippen molar-refractivity contribution in [3.8, 4) is 6.07 Å². The SMILES string of the molecule is CC(C)C[C@@H](NC(=O)C(F)(F)F)C(=O)N1[C@H]2CC[C@@H]([C@H]1C(=O)N[C@H](C#N)C[C@@H]1CCCNC1=O)C(F)(F)C2. The first-order chi connectivity index (χ1) is 17.7. The highest BCUT2D eigenvalue weighted by atomic mass is 19.4. The number of carbonyl (C=O) groups excluding carboxylic acids is 4. The molecule has 6 atom stereocenters. The van der Waals surface area contributed by atoms with Crippen LogP contribution in [0.4, 0.5) is 22.0 Å². The summed E-state index contributed by atoms with van der Waals surface area (Å²) in [7, 11) is 0. The van der Waals surface area contributed by atoms with Crippen LogP contribution in [-0.2, 0) is 19.2 Å². The average molecular weight is 550 g/mol. The lowest BCUT2D eigenvalue weighted by molar-refractivity contribution is -0.196. The van der Waals surface area contributed by atoms with Crippen LogP contribution in [0.3, 0.4) is 0 Å². The number of hydrogen-bond acceptors (Lipinski definition) is 5. The van der Waals surface area contributed by atoms with Crippen LogP contribution in [-0.4, -0.2) is 71.3 Å². The first-order valence-corrected chi connectivity index (χ1v) is 12.7. The van der Waals surface area contributed by atoms with Gasteiger partial charge in [-0.3, -0.25) is 19.2 Å². The van der Waals surface area contributed by atoms with Crippen molar-refractivity contribution in [2.24, 2.45) is 17.8 Å². The largest absolute Gasteiger partial charge is 0.471 e. The van der Waals surface area contributed by atoms with Crippen molar-refractivity contribution in [2.45, 2.75) is 95.1 Å². The second kappa shape index (κ2) is 11.4. The molecule has 0 spiro atoms. The summed E-state index contributed by atoms with van der Waals surface area (Å²) < 4.78 is 68.7. The van der Waals surface area contributed by atoms with Gasteiger partial charge in [0.2, 0.25) is 17.7 Å². The molecular weight excluding hydrogens is 517 g/mol. The van der Waals surface area contributed by atoms with Gasteiger partial charge in [0.25, 0.3) is 5.92 Å². The third-order valence-electron chi connectivity index (χ3n) is 7.42. The first kappa shape index (κ1) is 29.6. The van der Waals surface area contributed by atoms with Crippen LogP contribution >= 0.6 is 0 Å². The van der Waals surface area contributed by atoms with Gasteiger partial charge in [-0.25, -0.2) is 8.78 Å². The Labute approximate surface area is 216 Å². The molecule has 4 aliphatic rings. The van der Waals surface area contributed by atoms with E-state index in [0.29, 0.717) is 19.4 Å². The highest BCUT2D eigenvalue weighted by Gasteiger charge is 2.61. The van der Waals surface area contributed by atoms with E-state index in [9.17, 15) is 46.4 Å². The van der Waals surface area contributed by atoms with Gasteiger partial charge in [0, 0.05) is 24.9 Å². The van der Waals surface area contributed by atoms with E-state index in [-0.39, 0.29) is 37.5 Å². The number of piperidine rings is 3. The van der Waals surface area contributed by atoms with E-state index in [1.54, 1.807) is 19.2 Å². The summed E-state index contributed by atoms with van der Waals surface area (Å²) in [5.74, 6) is -10.6. The van der Waals surface area contributed by atoms with Crippen molar-refractivity contribution in [1.29, 1.82) is 5.26 Å². The molecule has 0 aromatic heterocycles. The Morgan fingerprint density at radius 3 is 2.42 bits per heavy atom. The van der Waals surface area contributed by atoms with Crippen molar-refractivity contribution >= 4 is 23.6 Å². The normalized spacial score (nSPS) is 28.2. The Kier molecular flexibility index (Phi) is 8.88. The number of fused-ring (bicyclic) bond motifs is 3. The number of amides is 4. The molecule has 38 heavy (non-hydrogen) atoms. The van der Waals surface area contributed by atoms with E-state index in [1.165, 1.54) is 0 Å². The number of carbonyl (C=O) groups is 4. The monoisotopic (exact) mass is 549 g/mol. The summed E-state index contributed by atoms with van der Waals surface area (Å²) in [5.41, 5.74) is 0. The molecule has 1 aliphatic carbocycles. The molecule has 3 saturated heterocycles. The van der Waals surface area contributed by atoms with E-state index in [2.05, 4.69) is 10.6 Å². The zero-order valence-electron chi connectivity index (χ0n) is 21.1. The number of hydrogen-bond donors (Lipinski definition) is 3. The molecule has 3 N–H and O–H groups in total. The highest BCUT2D eigenvalue weighted by Crippen LogP contribution is 2.49. The molecule has 1 saturated carbocycles. The van der Waals surface area contributed by atoms with Crippen molar-refractivity contribution < 1.29 is 41.1 Å². The van der Waals surface area contributed by atoms with E-state index in [4.69, 9.17) is 0 Å². The topological polar surface area (TPSA) is 131 Å². The maximum Gasteiger partial charge on any atom is 0.471 e. The number of halogens is 5. The van der Waals surface area contributed by atoms with Crippen LogP contribution in [0.5, 0.6) is 0 Å². The molecule has 4 fully saturated rings.